The van der Waals surface area contributed by atoms with Gasteiger partial charge in [-0.2, -0.15) is 0 Å². The van der Waals surface area contributed by atoms with Gasteiger partial charge in [-0.05, 0) is 24.3 Å². The molecule has 68 valence electrons. The molecule has 0 unspecified atom stereocenters. The molecule has 1 aromatic rings. The second kappa shape index (κ2) is 4.04. The van der Waals surface area contributed by atoms with Crippen molar-refractivity contribution in [2.24, 2.45) is 0 Å². The minimum absolute atomic E-state index is 0.985. The lowest BCUT2D eigenvalue weighted by Crippen LogP contribution is -2.16. The van der Waals surface area contributed by atoms with Crippen LogP contribution in [0.1, 0.15) is 5.56 Å². The van der Waals surface area contributed by atoms with Crippen molar-refractivity contribution >= 4 is 20.7 Å². The fourth-order valence-corrected chi connectivity index (χ4v) is 1.47. The number of rotatable bonds is 0. The third-order valence-corrected chi connectivity index (χ3v) is 2.62. The van der Waals surface area contributed by atoms with E-state index in [9.17, 15) is 0 Å². The van der Waals surface area contributed by atoms with E-state index in [-0.39, 0.29) is 0 Å². The quantitative estimate of drug-likeness (QED) is 0.376. The highest BCUT2D eigenvalue weighted by Crippen LogP contribution is 2.07. The predicted octanol–water partition coefficient (Wildman–Crippen LogP) is 3.20. The molecule has 13 heavy (non-hydrogen) atoms. The maximum atomic E-state index is 4.22. The van der Waals surface area contributed by atoms with Crippen molar-refractivity contribution in [3.63, 3.8) is 0 Å². The zero-order valence-corrected chi connectivity index (χ0v) is 10.2. The smallest absolute Gasteiger partial charge is 0.129 e. The summed E-state index contributed by atoms with van der Waals surface area (Å²) in [6, 6.07) is 7.96. The van der Waals surface area contributed by atoms with Crippen LogP contribution in [0.5, 0.6) is 0 Å². The Hall–Kier alpha value is -0.653. The lowest BCUT2D eigenvalue weighted by molar-refractivity contribution is 1.46. The standard InChI is InChI=1S/C11H14SSi/c1-13(2,3)9-8-10-4-6-11(12)7-5-10/h4-7,12H,1-3H3. The molecule has 0 saturated heterocycles. The summed E-state index contributed by atoms with van der Waals surface area (Å²) >= 11 is 4.22. The second-order valence-electron chi connectivity index (χ2n) is 4.05. The molecule has 0 saturated carbocycles. The number of thiol groups is 1. The molecule has 0 nitrogen and oxygen atoms in total. The van der Waals surface area contributed by atoms with Crippen LogP contribution in [0, 0.1) is 11.5 Å². The van der Waals surface area contributed by atoms with Gasteiger partial charge >= 0.3 is 0 Å². The Morgan fingerprint density at radius 1 is 1.08 bits per heavy atom. The molecule has 0 bridgehead atoms. The van der Waals surface area contributed by atoms with Crippen LogP contribution < -0.4 is 0 Å². The van der Waals surface area contributed by atoms with Crippen LogP contribution in [0.2, 0.25) is 19.6 Å². The van der Waals surface area contributed by atoms with Gasteiger partial charge in [0.25, 0.3) is 0 Å². The normalized spacial score (nSPS) is 10.5. The Kier molecular flexibility index (Phi) is 3.24. The third kappa shape index (κ3) is 4.21. The molecule has 2 heteroatoms. The van der Waals surface area contributed by atoms with Gasteiger partial charge in [-0.1, -0.05) is 25.6 Å². The van der Waals surface area contributed by atoms with Gasteiger partial charge in [0.1, 0.15) is 8.07 Å². The van der Waals surface area contributed by atoms with Gasteiger partial charge in [0.15, 0.2) is 0 Å². The Bertz CT molecular complexity index is 335. The summed E-state index contributed by atoms with van der Waals surface area (Å²) < 4.78 is 0. The summed E-state index contributed by atoms with van der Waals surface area (Å²) in [6.45, 7) is 6.73. The summed E-state index contributed by atoms with van der Waals surface area (Å²) in [6.07, 6.45) is 0. The van der Waals surface area contributed by atoms with E-state index in [0.29, 0.717) is 0 Å². The Labute approximate surface area is 86.8 Å². The van der Waals surface area contributed by atoms with Crippen molar-refractivity contribution in [3.8, 4) is 11.5 Å². The summed E-state index contributed by atoms with van der Waals surface area (Å²) in [5.74, 6) is 3.19. The lowest BCUT2D eigenvalue weighted by Gasteiger charge is -2.03. The molecule has 0 aliphatic carbocycles. The lowest BCUT2D eigenvalue weighted by atomic mass is 10.2. The zero-order chi connectivity index (χ0) is 9.90. The van der Waals surface area contributed by atoms with E-state index >= 15 is 0 Å². The minimum atomic E-state index is -1.23. The van der Waals surface area contributed by atoms with Gasteiger partial charge in [0.2, 0.25) is 0 Å². The van der Waals surface area contributed by atoms with Gasteiger partial charge in [0.05, 0.1) is 0 Å². The largest absolute Gasteiger partial charge is 0.143 e. The van der Waals surface area contributed by atoms with Crippen LogP contribution in [0.25, 0.3) is 0 Å². The van der Waals surface area contributed by atoms with Crippen LogP contribution in [0.3, 0.4) is 0 Å². The molecule has 0 N–H and O–H groups in total. The second-order valence-corrected chi connectivity index (χ2v) is 9.31. The van der Waals surface area contributed by atoms with Gasteiger partial charge in [0, 0.05) is 10.5 Å². The Morgan fingerprint density at radius 2 is 1.62 bits per heavy atom. The van der Waals surface area contributed by atoms with Crippen molar-refractivity contribution in [1.82, 2.24) is 0 Å². The molecular formula is C11H14SSi. The molecule has 0 aliphatic rings. The van der Waals surface area contributed by atoms with Crippen LogP contribution >= 0.6 is 12.6 Å². The molecule has 0 aromatic heterocycles. The van der Waals surface area contributed by atoms with Crippen molar-refractivity contribution in [2.75, 3.05) is 0 Å². The highest BCUT2D eigenvalue weighted by atomic mass is 32.1. The molecule has 0 radical (unpaired) electrons. The minimum Gasteiger partial charge on any atom is -0.143 e. The maximum Gasteiger partial charge on any atom is 0.129 e. The molecule has 1 aromatic carbocycles. The van der Waals surface area contributed by atoms with Crippen LogP contribution in [-0.4, -0.2) is 8.07 Å². The van der Waals surface area contributed by atoms with Crippen LogP contribution in [0.4, 0.5) is 0 Å². The number of benzene rings is 1. The molecule has 0 aliphatic heterocycles. The van der Waals surface area contributed by atoms with E-state index in [1.54, 1.807) is 0 Å². The molecule has 0 heterocycles. The van der Waals surface area contributed by atoms with E-state index < -0.39 is 8.07 Å². The first-order valence-electron chi connectivity index (χ1n) is 4.29. The van der Waals surface area contributed by atoms with E-state index in [1.807, 2.05) is 24.3 Å². The summed E-state index contributed by atoms with van der Waals surface area (Å²) in [5, 5.41) is 0. The average Bonchev–Trinajstić information content (AvgIpc) is 2.02. The zero-order valence-electron chi connectivity index (χ0n) is 8.26. The van der Waals surface area contributed by atoms with Crippen molar-refractivity contribution in [1.29, 1.82) is 0 Å². The first-order chi connectivity index (χ1) is 5.97. The summed E-state index contributed by atoms with van der Waals surface area (Å²) in [5.41, 5.74) is 4.41. The molecule has 1 rings (SSSR count). The van der Waals surface area contributed by atoms with Gasteiger partial charge in [-0.3, -0.25) is 0 Å². The first-order valence-corrected chi connectivity index (χ1v) is 8.24. The van der Waals surface area contributed by atoms with Gasteiger partial charge in [-0.25, -0.2) is 0 Å². The molecule has 0 fully saturated rings. The van der Waals surface area contributed by atoms with E-state index in [0.717, 1.165) is 10.5 Å². The maximum absolute atomic E-state index is 4.22. The predicted molar refractivity (Wildman–Crippen MR) is 63.9 cm³/mol. The van der Waals surface area contributed by atoms with E-state index in [4.69, 9.17) is 0 Å². The van der Waals surface area contributed by atoms with Crippen molar-refractivity contribution in [3.05, 3.63) is 29.8 Å². The summed E-state index contributed by atoms with van der Waals surface area (Å²) in [4.78, 5) is 0.985. The highest BCUT2D eigenvalue weighted by molar-refractivity contribution is 7.80. The van der Waals surface area contributed by atoms with E-state index in [2.05, 4.69) is 43.7 Å². The summed E-state index contributed by atoms with van der Waals surface area (Å²) in [7, 11) is -1.23. The van der Waals surface area contributed by atoms with Crippen LogP contribution in [-0.2, 0) is 0 Å². The fraction of sp³-hybridized carbons (Fsp3) is 0.273. The number of hydrogen-bond acceptors (Lipinski definition) is 1. The Morgan fingerprint density at radius 3 is 2.08 bits per heavy atom. The molecular weight excluding hydrogens is 192 g/mol. The Balaban J connectivity index is 2.85. The molecule has 0 amide bonds. The van der Waals surface area contributed by atoms with E-state index in [1.165, 1.54) is 0 Å². The fourth-order valence-electron chi connectivity index (χ4n) is 0.804. The molecule has 0 atom stereocenters. The monoisotopic (exact) mass is 206 g/mol. The third-order valence-electron chi connectivity index (χ3n) is 1.45. The van der Waals surface area contributed by atoms with Gasteiger partial charge in [-0.15, -0.1) is 18.2 Å². The van der Waals surface area contributed by atoms with Gasteiger partial charge < -0.3 is 0 Å². The van der Waals surface area contributed by atoms with Crippen LogP contribution in [0.15, 0.2) is 29.2 Å². The highest BCUT2D eigenvalue weighted by Gasteiger charge is 2.07. The average molecular weight is 206 g/mol. The number of hydrogen-bond donors (Lipinski definition) is 1. The first kappa shape index (κ1) is 10.4. The topological polar surface area (TPSA) is 0 Å². The van der Waals surface area contributed by atoms with Crippen molar-refractivity contribution < 1.29 is 0 Å². The van der Waals surface area contributed by atoms with Crippen molar-refractivity contribution in [2.45, 2.75) is 24.5 Å². The molecule has 0 spiro atoms. The SMILES string of the molecule is C[Si](C)(C)C#Cc1ccc(S)cc1.